The van der Waals surface area contributed by atoms with Crippen LogP contribution in [0.3, 0.4) is 0 Å². The number of hydrogen-bond donors (Lipinski definition) is 3. The van der Waals surface area contributed by atoms with Gasteiger partial charge in [-0.25, -0.2) is 4.79 Å². The molecule has 0 aromatic carbocycles. The first-order chi connectivity index (χ1) is 29.4. The third kappa shape index (κ3) is 42.9. The van der Waals surface area contributed by atoms with Crippen LogP contribution in [-0.4, -0.2) is 41.6 Å². The van der Waals surface area contributed by atoms with Crippen molar-refractivity contribution in [2.45, 2.75) is 238 Å². The number of carbonyl (C=O) groups is 3. The lowest BCUT2D eigenvalue weighted by Gasteiger charge is -2.18. The number of aliphatic carboxylic acids is 1. The number of nitrogens with one attached hydrogen (secondary N) is 1. The minimum atomic E-state index is -1.01. The van der Waals surface area contributed by atoms with E-state index in [1.807, 2.05) is 0 Å². The maximum absolute atomic E-state index is 12.9. The van der Waals surface area contributed by atoms with Gasteiger partial charge in [-0.1, -0.05) is 164 Å². The van der Waals surface area contributed by atoms with Crippen LogP contribution in [0.5, 0.6) is 0 Å². The number of allylic oxidation sites excluding steroid dienone is 12. The van der Waals surface area contributed by atoms with Gasteiger partial charge in [-0.2, -0.15) is 0 Å². The van der Waals surface area contributed by atoms with Gasteiger partial charge in [-0.05, 0) is 129 Å². The van der Waals surface area contributed by atoms with E-state index in [9.17, 15) is 19.5 Å². The number of carbonyl (C=O) groups excluding carboxylic acids is 2. The smallest absolute Gasteiger partial charge is 0.326 e. The van der Waals surface area contributed by atoms with Crippen LogP contribution in [0.1, 0.15) is 226 Å². The lowest BCUT2D eigenvalue weighted by atomic mass is 10.0. The van der Waals surface area contributed by atoms with E-state index in [4.69, 9.17) is 10.5 Å². The third-order valence-electron chi connectivity index (χ3n) is 10.8. The van der Waals surface area contributed by atoms with E-state index >= 15 is 0 Å². The number of hydrogen-bond acceptors (Lipinski definition) is 5. The molecule has 0 fully saturated rings. The first-order valence-electron chi connectivity index (χ1n) is 24.8. The molecule has 0 spiro atoms. The summed E-state index contributed by atoms with van der Waals surface area (Å²) in [5.41, 5.74) is 5.50. The predicted octanol–water partition coefficient (Wildman–Crippen LogP) is 14.7. The van der Waals surface area contributed by atoms with Gasteiger partial charge in [0.1, 0.15) is 12.1 Å². The van der Waals surface area contributed by atoms with Crippen LogP contribution in [0.4, 0.5) is 0 Å². The normalized spacial score (nSPS) is 13.2. The Morgan fingerprint density at radius 1 is 0.500 bits per heavy atom. The van der Waals surface area contributed by atoms with Gasteiger partial charge in [0.25, 0.3) is 0 Å². The number of carboxylic acid groups (broad SMARTS) is 1. The largest absolute Gasteiger partial charge is 0.480 e. The fourth-order valence-corrected chi connectivity index (χ4v) is 7.06. The molecular formula is C53H92N2O5. The van der Waals surface area contributed by atoms with E-state index in [2.05, 4.69) is 92.1 Å². The summed E-state index contributed by atoms with van der Waals surface area (Å²) in [6, 6.07) is -0.864. The van der Waals surface area contributed by atoms with Gasteiger partial charge in [0, 0.05) is 12.8 Å². The van der Waals surface area contributed by atoms with Crippen molar-refractivity contribution in [2.75, 3.05) is 6.54 Å². The van der Waals surface area contributed by atoms with Crippen LogP contribution in [0.15, 0.2) is 72.9 Å². The molecule has 60 heavy (non-hydrogen) atoms. The van der Waals surface area contributed by atoms with E-state index < -0.39 is 12.0 Å². The van der Waals surface area contributed by atoms with E-state index in [1.165, 1.54) is 64.2 Å². The molecular weight excluding hydrogens is 745 g/mol. The van der Waals surface area contributed by atoms with Crippen LogP contribution < -0.4 is 11.1 Å². The molecule has 0 bridgehead atoms. The van der Waals surface area contributed by atoms with Crippen molar-refractivity contribution in [3.8, 4) is 0 Å². The van der Waals surface area contributed by atoms with Crippen molar-refractivity contribution in [1.29, 1.82) is 0 Å². The lowest BCUT2D eigenvalue weighted by molar-refractivity contribution is -0.150. The van der Waals surface area contributed by atoms with Crippen molar-refractivity contribution < 1.29 is 24.2 Å². The number of nitrogens with two attached hydrogens (primary N) is 1. The van der Waals surface area contributed by atoms with Gasteiger partial charge >= 0.3 is 11.9 Å². The summed E-state index contributed by atoms with van der Waals surface area (Å²) in [6.45, 7) is 4.83. The second kappa shape index (κ2) is 46.9. The van der Waals surface area contributed by atoms with Gasteiger partial charge in [0.15, 0.2) is 0 Å². The first kappa shape index (κ1) is 56.8. The molecule has 4 N–H and O–H groups in total. The van der Waals surface area contributed by atoms with Crippen molar-refractivity contribution in [3.63, 3.8) is 0 Å². The van der Waals surface area contributed by atoms with Crippen LogP contribution in [-0.2, 0) is 19.1 Å². The molecule has 2 atom stereocenters. The third-order valence-corrected chi connectivity index (χ3v) is 10.8. The zero-order valence-electron chi connectivity index (χ0n) is 38.8. The molecule has 2 unspecified atom stereocenters. The SMILES string of the molecule is CC/C=C\C/C=C\C/C=C\C/C=C\CCCCCCCCC(=O)OC(CCCCC/C=C\C/C=C\CCCCCCC)CCCCCCCC(=O)NC(CCCN)C(=O)O. The summed E-state index contributed by atoms with van der Waals surface area (Å²) in [6.07, 6.45) is 60.9. The summed E-state index contributed by atoms with van der Waals surface area (Å²) < 4.78 is 6.06. The average Bonchev–Trinajstić information content (AvgIpc) is 3.23. The second-order valence-electron chi connectivity index (χ2n) is 16.5. The molecule has 0 rings (SSSR count). The number of amides is 1. The Hall–Kier alpha value is -3.19. The maximum atomic E-state index is 12.9. The van der Waals surface area contributed by atoms with Gasteiger partial charge in [0.05, 0.1) is 0 Å². The molecule has 0 aliphatic heterocycles. The zero-order valence-corrected chi connectivity index (χ0v) is 38.8. The van der Waals surface area contributed by atoms with E-state index in [0.29, 0.717) is 32.2 Å². The molecule has 7 heteroatoms. The zero-order chi connectivity index (χ0) is 43.8. The number of unbranched alkanes of at least 4 members (excludes halogenated alkanes) is 18. The molecule has 0 aromatic heterocycles. The highest BCUT2D eigenvalue weighted by molar-refractivity contribution is 5.83. The quantitative estimate of drug-likeness (QED) is 0.0319. The summed E-state index contributed by atoms with van der Waals surface area (Å²) in [5, 5.41) is 12.0. The summed E-state index contributed by atoms with van der Waals surface area (Å²) in [7, 11) is 0. The lowest BCUT2D eigenvalue weighted by Crippen LogP contribution is -2.40. The highest BCUT2D eigenvalue weighted by atomic mass is 16.5. The van der Waals surface area contributed by atoms with Crippen molar-refractivity contribution in [2.24, 2.45) is 5.73 Å². The summed E-state index contributed by atoms with van der Waals surface area (Å²) in [5.74, 6) is -1.26. The Morgan fingerprint density at radius 2 is 0.917 bits per heavy atom. The molecule has 0 aliphatic rings. The number of ether oxygens (including phenoxy) is 1. The van der Waals surface area contributed by atoms with Crippen molar-refractivity contribution in [3.05, 3.63) is 72.9 Å². The van der Waals surface area contributed by atoms with Crippen LogP contribution in [0.2, 0.25) is 0 Å². The predicted molar refractivity (Wildman–Crippen MR) is 257 cm³/mol. The standard InChI is InChI=1S/C53H92N2O5/c1-3-5-7-9-11-13-15-17-19-20-21-22-24-26-28-30-32-37-41-47-52(57)60-49(43-38-34-31-29-27-25-23-18-16-14-12-10-8-6-4-2)44-39-35-33-36-40-46-51(56)55-50(53(58)59)45-42-48-54/h5,7,11,13,16-19,21-22,25,27,49-50H,3-4,6,8-10,12,14-15,20,23-24,26,28-48,54H2,1-2H3,(H,55,56)(H,58,59)/b7-5-,13-11-,18-16-,19-17-,22-21-,27-25-. The molecule has 7 nitrogen and oxygen atoms in total. The molecule has 0 saturated heterocycles. The number of rotatable bonds is 44. The van der Waals surface area contributed by atoms with Crippen LogP contribution >= 0.6 is 0 Å². The van der Waals surface area contributed by atoms with Gasteiger partial charge in [-0.15, -0.1) is 0 Å². The molecule has 1 amide bonds. The van der Waals surface area contributed by atoms with Crippen LogP contribution in [0.25, 0.3) is 0 Å². The molecule has 0 aliphatic carbocycles. The second-order valence-corrected chi connectivity index (χ2v) is 16.5. The van der Waals surface area contributed by atoms with Crippen molar-refractivity contribution in [1.82, 2.24) is 5.32 Å². The van der Waals surface area contributed by atoms with E-state index in [-0.39, 0.29) is 18.0 Å². The Labute approximate surface area is 369 Å². The Balaban J connectivity index is 4.40. The van der Waals surface area contributed by atoms with Crippen LogP contribution in [0, 0.1) is 0 Å². The molecule has 0 heterocycles. The molecule has 344 valence electrons. The van der Waals surface area contributed by atoms with Crippen molar-refractivity contribution >= 4 is 17.8 Å². The van der Waals surface area contributed by atoms with E-state index in [0.717, 1.165) is 122 Å². The Morgan fingerprint density at radius 3 is 1.40 bits per heavy atom. The molecule has 0 saturated carbocycles. The minimum absolute atomic E-state index is 0.0224. The molecule has 0 radical (unpaired) electrons. The Kier molecular flexibility index (Phi) is 44.4. The number of carboxylic acids is 1. The van der Waals surface area contributed by atoms with Gasteiger partial charge in [-0.3, -0.25) is 9.59 Å². The Bertz CT molecular complexity index is 1170. The topological polar surface area (TPSA) is 119 Å². The van der Waals surface area contributed by atoms with Gasteiger partial charge < -0.3 is 20.9 Å². The van der Waals surface area contributed by atoms with Gasteiger partial charge in [0.2, 0.25) is 5.91 Å². The molecule has 0 aromatic rings. The fourth-order valence-electron chi connectivity index (χ4n) is 7.06. The fraction of sp³-hybridized carbons (Fsp3) is 0.717. The summed E-state index contributed by atoms with van der Waals surface area (Å²) >= 11 is 0. The number of esters is 1. The first-order valence-corrected chi connectivity index (χ1v) is 24.8. The average molecular weight is 837 g/mol. The highest BCUT2D eigenvalue weighted by Crippen LogP contribution is 2.18. The summed E-state index contributed by atoms with van der Waals surface area (Å²) in [4.78, 5) is 36.5. The maximum Gasteiger partial charge on any atom is 0.326 e. The van der Waals surface area contributed by atoms with E-state index in [1.54, 1.807) is 0 Å². The monoisotopic (exact) mass is 837 g/mol. The highest BCUT2D eigenvalue weighted by Gasteiger charge is 2.19. The minimum Gasteiger partial charge on any atom is -0.480 e.